The molecule has 1 amide bonds. The molecule has 0 fully saturated rings. The van der Waals surface area contributed by atoms with Crippen molar-refractivity contribution in [3.05, 3.63) is 18.2 Å². The molecule has 0 atom stereocenters. The fourth-order valence-corrected chi connectivity index (χ4v) is 1.84. The van der Waals surface area contributed by atoms with Crippen LogP contribution in [0.3, 0.4) is 0 Å². The van der Waals surface area contributed by atoms with E-state index in [0.717, 1.165) is 24.4 Å². The fourth-order valence-electron chi connectivity index (χ4n) is 1.84. The SMILES string of the molecule is COc1ccc(NCCC(=O)NCCC(C)C)c(OC)c1. The largest absolute Gasteiger partial charge is 0.497 e. The highest BCUT2D eigenvalue weighted by molar-refractivity contribution is 5.76. The van der Waals surface area contributed by atoms with Crippen molar-refractivity contribution in [2.24, 2.45) is 5.92 Å². The average Bonchev–Trinajstić information content (AvgIpc) is 2.47. The maximum Gasteiger partial charge on any atom is 0.221 e. The first-order chi connectivity index (χ1) is 10.1. The van der Waals surface area contributed by atoms with Gasteiger partial charge in [-0.25, -0.2) is 0 Å². The Morgan fingerprint density at radius 2 is 1.95 bits per heavy atom. The monoisotopic (exact) mass is 294 g/mol. The molecule has 5 nitrogen and oxygen atoms in total. The number of methoxy groups -OCH3 is 2. The molecular formula is C16H26N2O3. The number of carbonyl (C=O) groups excluding carboxylic acids is 1. The van der Waals surface area contributed by atoms with Crippen molar-refractivity contribution in [2.75, 3.05) is 32.6 Å². The Balaban J connectivity index is 2.36. The van der Waals surface area contributed by atoms with Gasteiger partial charge in [0.2, 0.25) is 5.91 Å². The third kappa shape index (κ3) is 6.38. The molecule has 1 aromatic carbocycles. The summed E-state index contributed by atoms with van der Waals surface area (Å²) in [6, 6.07) is 5.55. The van der Waals surface area contributed by atoms with Crippen LogP contribution < -0.4 is 20.1 Å². The summed E-state index contributed by atoms with van der Waals surface area (Å²) in [5, 5.41) is 6.12. The Kier molecular flexibility index (Phi) is 7.43. The van der Waals surface area contributed by atoms with Crippen LogP contribution in [0.5, 0.6) is 11.5 Å². The third-order valence-electron chi connectivity index (χ3n) is 3.12. The summed E-state index contributed by atoms with van der Waals surface area (Å²) < 4.78 is 10.4. The van der Waals surface area contributed by atoms with Crippen LogP contribution in [0.2, 0.25) is 0 Å². The van der Waals surface area contributed by atoms with Crippen LogP contribution >= 0.6 is 0 Å². The van der Waals surface area contributed by atoms with Crippen molar-refractivity contribution in [3.63, 3.8) is 0 Å². The van der Waals surface area contributed by atoms with Crippen molar-refractivity contribution in [1.82, 2.24) is 5.32 Å². The van der Waals surface area contributed by atoms with E-state index >= 15 is 0 Å². The molecule has 21 heavy (non-hydrogen) atoms. The Hall–Kier alpha value is -1.91. The highest BCUT2D eigenvalue weighted by Gasteiger charge is 2.06. The van der Waals surface area contributed by atoms with Crippen molar-refractivity contribution in [2.45, 2.75) is 26.7 Å². The zero-order valence-corrected chi connectivity index (χ0v) is 13.4. The van der Waals surface area contributed by atoms with Gasteiger partial charge in [0.15, 0.2) is 0 Å². The molecule has 0 aromatic heterocycles. The van der Waals surface area contributed by atoms with Gasteiger partial charge in [0, 0.05) is 25.6 Å². The number of carbonyl (C=O) groups is 1. The standard InChI is InChI=1S/C16H26N2O3/c1-12(2)7-9-18-16(19)8-10-17-14-6-5-13(20-3)11-15(14)21-4/h5-6,11-12,17H,7-10H2,1-4H3,(H,18,19). The Labute approximate surface area is 127 Å². The molecule has 0 radical (unpaired) electrons. The molecule has 2 N–H and O–H groups in total. The summed E-state index contributed by atoms with van der Waals surface area (Å²) in [6.45, 7) is 5.59. The zero-order chi connectivity index (χ0) is 15.7. The van der Waals surface area contributed by atoms with Crippen LogP contribution in [0, 0.1) is 5.92 Å². The van der Waals surface area contributed by atoms with E-state index in [4.69, 9.17) is 9.47 Å². The minimum atomic E-state index is 0.0654. The molecular weight excluding hydrogens is 268 g/mol. The quantitative estimate of drug-likeness (QED) is 0.735. The number of hydrogen-bond acceptors (Lipinski definition) is 4. The van der Waals surface area contributed by atoms with Crippen LogP contribution in [-0.2, 0) is 4.79 Å². The fraction of sp³-hybridized carbons (Fsp3) is 0.562. The first-order valence-corrected chi connectivity index (χ1v) is 7.29. The van der Waals surface area contributed by atoms with Gasteiger partial charge in [0.05, 0.1) is 19.9 Å². The normalized spacial score (nSPS) is 10.3. The molecule has 0 saturated carbocycles. The molecule has 118 valence electrons. The smallest absolute Gasteiger partial charge is 0.221 e. The van der Waals surface area contributed by atoms with Gasteiger partial charge in [-0.05, 0) is 24.5 Å². The van der Waals surface area contributed by atoms with Gasteiger partial charge in [-0.2, -0.15) is 0 Å². The van der Waals surface area contributed by atoms with Gasteiger partial charge < -0.3 is 20.1 Å². The lowest BCUT2D eigenvalue weighted by atomic mass is 10.1. The van der Waals surface area contributed by atoms with Crippen LogP contribution in [-0.4, -0.2) is 33.2 Å². The molecule has 1 aromatic rings. The van der Waals surface area contributed by atoms with Crippen molar-refractivity contribution < 1.29 is 14.3 Å². The molecule has 0 heterocycles. The molecule has 0 spiro atoms. The second kappa shape index (κ2) is 9.10. The number of hydrogen-bond donors (Lipinski definition) is 2. The second-order valence-electron chi connectivity index (χ2n) is 5.28. The Morgan fingerprint density at radius 1 is 1.19 bits per heavy atom. The highest BCUT2D eigenvalue weighted by atomic mass is 16.5. The maximum absolute atomic E-state index is 11.7. The highest BCUT2D eigenvalue weighted by Crippen LogP contribution is 2.28. The second-order valence-corrected chi connectivity index (χ2v) is 5.28. The number of nitrogens with one attached hydrogen (secondary N) is 2. The van der Waals surface area contributed by atoms with E-state index < -0.39 is 0 Å². The van der Waals surface area contributed by atoms with E-state index in [1.54, 1.807) is 14.2 Å². The van der Waals surface area contributed by atoms with Crippen LogP contribution in [0.1, 0.15) is 26.7 Å². The van der Waals surface area contributed by atoms with Crippen molar-refractivity contribution in [1.29, 1.82) is 0 Å². The molecule has 0 aliphatic heterocycles. The molecule has 1 rings (SSSR count). The molecule has 0 aliphatic rings. The first-order valence-electron chi connectivity index (χ1n) is 7.29. The van der Waals surface area contributed by atoms with Crippen LogP contribution in [0.4, 0.5) is 5.69 Å². The van der Waals surface area contributed by atoms with E-state index in [1.807, 2.05) is 18.2 Å². The summed E-state index contributed by atoms with van der Waals surface area (Å²) in [5.41, 5.74) is 0.855. The number of amides is 1. The number of rotatable bonds is 9. The van der Waals surface area contributed by atoms with Gasteiger partial charge >= 0.3 is 0 Å². The number of benzene rings is 1. The van der Waals surface area contributed by atoms with Crippen LogP contribution in [0.15, 0.2) is 18.2 Å². The average molecular weight is 294 g/mol. The summed E-state index contributed by atoms with van der Waals surface area (Å²) >= 11 is 0. The summed E-state index contributed by atoms with van der Waals surface area (Å²) in [4.78, 5) is 11.7. The van der Waals surface area contributed by atoms with Gasteiger partial charge in [-0.15, -0.1) is 0 Å². The first kappa shape index (κ1) is 17.1. The molecule has 0 bridgehead atoms. The van der Waals surface area contributed by atoms with E-state index in [1.165, 1.54) is 0 Å². The van der Waals surface area contributed by atoms with Crippen molar-refractivity contribution >= 4 is 11.6 Å². The predicted molar refractivity (Wildman–Crippen MR) is 85.1 cm³/mol. The molecule has 0 unspecified atom stereocenters. The summed E-state index contributed by atoms with van der Waals surface area (Å²) in [7, 11) is 3.22. The Bertz CT molecular complexity index is 447. The Morgan fingerprint density at radius 3 is 2.57 bits per heavy atom. The number of anilines is 1. The van der Waals surface area contributed by atoms with Gasteiger partial charge in [0.1, 0.15) is 11.5 Å². The van der Waals surface area contributed by atoms with Crippen LogP contribution in [0.25, 0.3) is 0 Å². The lowest BCUT2D eigenvalue weighted by Gasteiger charge is -2.12. The third-order valence-corrected chi connectivity index (χ3v) is 3.12. The molecule has 0 saturated heterocycles. The topological polar surface area (TPSA) is 59.6 Å². The van der Waals surface area contributed by atoms with E-state index in [9.17, 15) is 4.79 Å². The zero-order valence-electron chi connectivity index (χ0n) is 13.4. The van der Waals surface area contributed by atoms with Gasteiger partial charge in [-0.3, -0.25) is 4.79 Å². The maximum atomic E-state index is 11.7. The molecule has 0 aliphatic carbocycles. The van der Waals surface area contributed by atoms with E-state index in [-0.39, 0.29) is 5.91 Å². The lowest BCUT2D eigenvalue weighted by Crippen LogP contribution is -2.27. The number of ether oxygens (including phenoxy) is 2. The van der Waals surface area contributed by atoms with Gasteiger partial charge in [0.25, 0.3) is 0 Å². The predicted octanol–water partition coefficient (Wildman–Crippen LogP) is 2.67. The molecule has 5 heteroatoms. The van der Waals surface area contributed by atoms with E-state index in [2.05, 4.69) is 24.5 Å². The van der Waals surface area contributed by atoms with Crippen molar-refractivity contribution in [3.8, 4) is 11.5 Å². The minimum Gasteiger partial charge on any atom is -0.497 e. The lowest BCUT2D eigenvalue weighted by molar-refractivity contribution is -0.120. The minimum absolute atomic E-state index is 0.0654. The summed E-state index contributed by atoms with van der Waals surface area (Å²) in [5.74, 6) is 2.11. The van der Waals surface area contributed by atoms with Gasteiger partial charge in [-0.1, -0.05) is 13.8 Å². The summed E-state index contributed by atoms with van der Waals surface area (Å²) in [6.07, 6.45) is 1.44. The van der Waals surface area contributed by atoms with E-state index in [0.29, 0.717) is 24.6 Å².